The van der Waals surface area contributed by atoms with Crippen molar-refractivity contribution in [1.29, 1.82) is 0 Å². The molecule has 0 aliphatic heterocycles. The summed E-state index contributed by atoms with van der Waals surface area (Å²) in [5.41, 5.74) is 1.28. The van der Waals surface area contributed by atoms with Crippen LogP contribution in [0.25, 0.3) is 10.9 Å². The van der Waals surface area contributed by atoms with Crippen LogP contribution in [-0.2, 0) is 0 Å². The molecule has 0 aliphatic rings. The highest BCUT2D eigenvalue weighted by Crippen LogP contribution is 2.19. The predicted octanol–water partition coefficient (Wildman–Crippen LogP) is 3.63. The standard InChI is InChI=1S/C17H16N2O2/c1-11-8-9-15(21-11)12(2)19-17(20)14-7-3-5-13-6-4-10-18-16(13)14/h3-10,12H,1-2H3,(H,19,20). The third-order valence-corrected chi connectivity index (χ3v) is 3.41. The molecular formula is C17H16N2O2. The molecule has 0 spiro atoms. The highest BCUT2D eigenvalue weighted by molar-refractivity contribution is 6.05. The van der Waals surface area contributed by atoms with Crippen molar-refractivity contribution >= 4 is 16.8 Å². The Morgan fingerprint density at radius 2 is 2.00 bits per heavy atom. The number of aryl methyl sites for hydroxylation is 1. The van der Waals surface area contributed by atoms with Gasteiger partial charge in [-0.3, -0.25) is 9.78 Å². The summed E-state index contributed by atoms with van der Waals surface area (Å²) in [4.78, 5) is 16.8. The Bertz CT molecular complexity index is 787. The molecule has 0 saturated heterocycles. The number of amides is 1. The zero-order valence-corrected chi connectivity index (χ0v) is 12.0. The number of aromatic nitrogens is 1. The van der Waals surface area contributed by atoms with Crippen LogP contribution < -0.4 is 5.32 Å². The molecule has 0 radical (unpaired) electrons. The van der Waals surface area contributed by atoms with Gasteiger partial charge in [0.05, 0.1) is 17.1 Å². The molecule has 3 rings (SSSR count). The van der Waals surface area contributed by atoms with Crippen molar-refractivity contribution in [2.75, 3.05) is 0 Å². The summed E-state index contributed by atoms with van der Waals surface area (Å²) >= 11 is 0. The van der Waals surface area contributed by atoms with Gasteiger partial charge in [-0.2, -0.15) is 0 Å². The average molecular weight is 280 g/mol. The molecule has 106 valence electrons. The van der Waals surface area contributed by atoms with Crippen molar-refractivity contribution in [3.8, 4) is 0 Å². The maximum absolute atomic E-state index is 12.5. The highest BCUT2D eigenvalue weighted by Gasteiger charge is 2.16. The zero-order valence-electron chi connectivity index (χ0n) is 12.0. The Kier molecular flexibility index (Phi) is 3.44. The molecule has 3 aromatic rings. The minimum Gasteiger partial charge on any atom is -0.464 e. The van der Waals surface area contributed by atoms with E-state index in [-0.39, 0.29) is 11.9 Å². The van der Waals surface area contributed by atoms with Gasteiger partial charge in [-0.05, 0) is 38.1 Å². The van der Waals surface area contributed by atoms with E-state index in [4.69, 9.17) is 4.42 Å². The van der Waals surface area contributed by atoms with Crippen LogP contribution in [-0.4, -0.2) is 10.9 Å². The molecule has 4 nitrogen and oxygen atoms in total. The van der Waals surface area contributed by atoms with Crippen molar-refractivity contribution in [1.82, 2.24) is 10.3 Å². The summed E-state index contributed by atoms with van der Waals surface area (Å²) in [5, 5.41) is 3.90. The number of pyridine rings is 1. The van der Waals surface area contributed by atoms with E-state index < -0.39 is 0 Å². The van der Waals surface area contributed by atoms with Crippen LogP contribution >= 0.6 is 0 Å². The van der Waals surface area contributed by atoms with E-state index in [1.165, 1.54) is 0 Å². The summed E-state index contributed by atoms with van der Waals surface area (Å²) in [6.45, 7) is 3.78. The third kappa shape index (κ3) is 2.65. The molecule has 4 heteroatoms. The minimum absolute atomic E-state index is 0.152. The van der Waals surface area contributed by atoms with Gasteiger partial charge >= 0.3 is 0 Å². The number of hydrogen-bond acceptors (Lipinski definition) is 3. The van der Waals surface area contributed by atoms with Gasteiger partial charge in [-0.15, -0.1) is 0 Å². The first kappa shape index (κ1) is 13.4. The molecule has 1 atom stereocenters. The molecular weight excluding hydrogens is 264 g/mol. The number of nitrogens with one attached hydrogen (secondary N) is 1. The van der Waals surface area contributed by atoms with Crippen LogP contribution in [0.15, 0.2) is 53.1 Å². The summed E-state index contributed by atoms with van der Waals surface area (Å²) < 4.78 is 5.54. The maximum Gasteiger partial charge on any atom is 0.254 e. The van der Waals surface area contributed by atoms with Crippen LogP contribution in [0.3, 0.4) is 0 Å². The number of rotatable bonds is 3. The average Bonchev–Trinajstić information content (AvgIpc) is 2.93. The number of carbonyl (C=O) groups excluding carboxylic acids is 1. The summed E-state index contributed by atoms with van der Waals surface area (Å²) in [5.74, 6) is 1.42. The van der Waals surface area contributed by atoms with Gasteiger partial charge in [-0.1, -0.05) is 18.2 Å². The molecule has 1 N–H and O–H groups in total. The van der Waals surface area contributed by atoms with Crippen LogP contribution in [0.4, 0.5) is 0 Å². The van der Waals surface area contributed by atoms with Gasteiger partial charge in [-0.25, -0.2) is 0 Å². The molecule has 1 amide bonds. The van der Waals surface area contributed by atoms with Crippen LogP contribution in [0, 0.1) is 6.92 Å². The number of fused-ring (bicyclic) bond motifs is 1. The Morgan fingerprint density at radius 3 is 2.76 bits per heavy atom. The molecule has 21 heavy (non-hydrogen) atoms. The smallest absolute Gasteiger partial charge is 0.254 e. The maximum atomic E-state index is 12.5. The van der Waals surface area contributed by atoms with E-state index in [2.05, 4.69) is 10.3 Å². The van der Waals surface area contributed by atoms with E-state index in [1.54, 1.807) is 12.3 Å². The monoisotopic (exact) mass is 280 g/mol. The number of benzene rings is 1. The largest absolute Gasteiger partial charge is 0.464 e. The number of hydrogen-bond donors (Lipinski definition) is 1. The lowest BCUT2D eigenvalue weighted by molar-refractivity contribution is 0.0936. The Hall–Kier alpha value is -2.62. The Labute approximate surface area is 122 Å². The van der Waals surface area contributed by atoms with Gasteiger partial charge in [0.1, 0.15) is 11.5 Å². The van der Waals surface area contributed by atoms with Crippen molar-refractivity contribution in [3.63, 3.8) is 0 Å². The van der Waals surface area contributed by atoms with E-state index in [1.807, 2.05) is 50.2 Å². The normalized spacial score (nSPS) is 12.3. The minimum atomic E-state index is -0.190. The van der Waals surface area contributed by atoms with E-state index in [9.17, 15) is 4.79 Å². The summed E-state index contributed by atoms with van der Waals surface area (Å²) in [6, 6.07) is 13.0. The van der Waals surface area contributed by atoms with E-state index >= 15 is 0 Å². The number of para-hydroxylation sites is 1. The Balaban J connectivity index is 1.87. The van der Waals surface area contributed by atoms with Crippen LogP contribution in [0.5, 0.6) is 0 Å². The third-order valence-electron chi connectivity index (χ3n) is 3.41. The second kappa shape index (κ2) is 5.40. The fraction of sp³-hybridized carbons (Fsp3) is 0.176. The fourth-order valence-electron chi connectivity index (χ4n) is 2.32. The molecule has 0 aliphatic carbocycles. The first-order valence-corrected chi connectivity index (χ1v) is 6.86. The van der Waals surface area contributed by atoms with Crippen molar-refractivity contribution in [3.05, 3.63) is 65.7 Å². The van der Waals surface area contributed by atoms with Crippen molar-refractivity contribution in [2.45, 2.75) is 19.9 Å². The predicted molar refractivity (Wildman–Crippen MR) is 81.1 cm³/mol. The first-order valence-electron chi connectivity index (χ1n) is 6.86. The molecule has 0 saturated carbocycles. The lowest BCUT2D eigenvalue weighted by Gasteiger charge is -2.12. The lowest BCUT2D eigenvalue weighted by atomic mass is 10.1. The SMILES string of the molecule is Cc1ccc(C(C)NC(=O)c2cccc3cccnc23)o1. The molecule has 2 aromatic heterocycles. The van der Waals surface area contributed by atoms with E-state index in [0.29, 0.717) is 11.1 Å². The van der Waals surface area contributed by atoms with Crippen LogP contribution in [0.2, 0.25) is 0 Å². The number of carbonyl (C=O) groups is 1. The second-order valence-corrected chi connectivity index (χ2v) is 5.02. The van der Waals surface area contributed by atoms with Crippen LogP contribution in [0.1, 0.15) is 34.8 Å². The van der Waals surface area contributed by atoms with Gasteiger partial charge in [0.2, 0.25) is 0 Å². The topological polar surface area (TPSA) is 55.1 Å². The van der Waals surface area contributed by atoms with Crippen molar-refractivity contribution in [2.24, 2.45) is 0 Å². The van der Waals surface area contributed by atoms with Gasteiger partial charge < -0.3 is 9.73 Å². The van der Waals surface area contributed by atoms with Gasteiger partial charge in [0.15, 0.2) is 0 Å². The van der Waals surface area contributed by atoms with E-state index in [0.717, 1.165) is 16.9 Å². The number of nitrogens with zero attached hydrogens (tertiary/aromatic N) is 1. The fourth-order valence-corrected chi connectivity index (χ4v) is 2.32. The summed E-state index contributed by atoms with van der Waals surface area (Å²) in [6.07, 6.45) is 1.69. The first-order chi connectivity index (χ1) is 10.1. The van der Waals surface area contributed by atoms with Gasteiger partial charge in [0, 0.05) is 11.6 Å². The van der Waals surface area contributed by atoms with Gasteiger partial charge in [0.25, 0.3) is 5.91 Å². The Morgan fingerprint density at radius 1 is 1.19 bits per heavy atom. The molecule has 0 bridgehead atoms. The molecule has 0 fully saturated rings. The quantitative estimate of drug-likeness (QED) is 0.797. The molecule has 1 aromatic carbocycles. The van der Waals surface area contributed by atoms with Crippen molar-refractivity contribution < 1.29 is 9.21 Å². The second-order valence-electron chi connectivity index (χ2n) is 5.02. The zero-order chi connectivity index (χ0) is 14.8. The number of furan rings is 1. The molecule has 1 unspecified atom stereocenters. The summed E-state index contributed by atoms with van der Waals surface area (Å²) in [7, 11) is 0. The highest BCUT2D eigenvalue weighted by atomic mass is 16.3. The molecule has 2 heterocycles. The lowest BCUT2D eigenvalue weighted by Crippen LogP contribution is -2.26.